The summed E-state index contributed by atoms with van der Waals surface area (Å²) in [5.74, 6) is 2.22. The third-order valence-corrected chi connectivity index (χ3v) is 4.28. The summed E-state index contributed by atoms with van der Waals surface area (Å²) in [7, 11) is 1.61. The van der Waals surface area contributed by atoms with Crippen molar-refractivity contribution < 1.29 is 14.6 Å². The van der Waals surface area contributed by atoms with Gasteiger partial charge in [0.1, 0.15) is 11.5 Å². The molecule has 6 nitrogen and oxygen atoms in total. The van der Waals surface area contributed by atoms with E-state index in [0.29, 0.717) is 19.0 Å². The van der Waals surface area contributed by atoms with Crippen LogP contribution in [0, 0.1) is 6.92 Å². The maximum absolute atomic E-state index is 10.5. The molecule has 0 aliphatic carbocycles. The number of methoxy groups -OCH3 is 1. The van der Waals surface area contributed by atoms with Crippen molar-refractivity contribution in [2.75, 3.05) is 20.2 Å². The summed E-state index contributed by atoms with van der Waals surface area (Å²) in [4.78, 5) is 4.66. The Bertz CT molecular complexity index is 812. The highest BCUT2D eigenvalue weighted by Crippen LogP contribution is 2.22. The summed E-state index contributed by atoms with van der Waals surface area (Å²) in [6, 6.07) is 13.6. The molecule has 0 aliphatic rings. The van der Waals surface area contributed by atoms with E-state index in [-0.39, 0.29) is 30.1 Å². The number of nitrogens with one attached hydrogen (secondary N) is 2. The molecule has 7 heteroatoms. The molecule has 0 saturated heterocycles. The molecule has 1 atom stereocenters. The Morgan fingerprint density at radius 3 is 2.57 bits per heavy atom. The highest BCUT2D eigenvalue weighted by molar-refractivity contribution is 14.0. The smallest absolute Gasteiger partial charge is 0.191 e. The van der Waals surface area contributed by atoms with E-state index in [2.05, 4.69) is 21.7 Å². The van der Waals surface area contributed by atoms with E-state index in [0.717, 1.165) is 34.7 Å². The number of guanidine groups is 1. The maximum atomic E-state index is 10.5. The largest absolute Gasteiger partial charge is 0.497 e. The van der Waals surface area contributed by atoms with Gasteiger partial charge >= 0.3 is 0 Å². The predicted octanol–water partition coefficient (Wildman–Crippen LogP) is 4.20. The van der Waals surface area contributed by atoms with Gasteiger partial charge in [-0.15, -0.1) is 24.0 Å². The standard InChI is InChI=1S/C23H33N3O3.HI/c1-6-24-23(26-15-21(27)18-8-7-9-20(13-18)28-5)25-14-19-11-10-17(4)12-22(19)29-16(2)3;/h7-13,16,21,27H,6,14-15H2,1-5H3,(H2,24,25,26);1H. The second-order valence-corrected chi connectivity index (χ2v) is 7.15. The van der Waals surface area contributed by atoms with Crippen molar-refractivity contribution in [3.8, 4) is 11.5 Å². The van der Waals surface area contributed by atoms with E-state index in [9.17, 15) is 5.11 Å². The molecule has 0 heterocycles. The molecular formula is C23H34IN3O3. The first-order chi connectivity index (χ1) is 13.9. The highest BCUT2D eigenvalue weighted by atomic mass is 127. The van der Waals surface area contributed by atoms with Crippen molar-refractivity contribution in [3.63, 3.8) is 0 Å². The summed E-state index contributed by atoms with van der Waals surface area (Å²) in [5, 5.41) is 16.9. The van der Waals surface area contributed by atoms with Crippen molar-refractivity contribution in [2.45, 2.75) is 46.4 Å². The van der Waals surface area contributed by atoms with E-state index in [4.69, 9.17) is 9.47 Å². The number of aliphatic hydroxyl groups excluding tert-OH is 1. The van der Waals surface area contributed by atoms with Crippen molar-refractivity contribution >= 4 is 29.9 Å². The summed E-state index contributed by atoms with van der Waals surface area (Å²) in [6.45, 7) is 9.63. The molecule has 166 valence electrons. The van der Waals surface area contributed by atoms with Gasteiger partial charge < -0.3 is 25.2 Å². The fourth-order valence-corrected chi connectivity index (χ4v) is 2.82. The predicted molar refractivity (Wildman–Crippen MR) is 133 cm³/mol. The van der Waals surface area contributed by atoms with E-state index in [1.165, 1.54) is 0 Å². The molecule has 30 heavy (non-hydrogen) atoms. The fraction of sp³-hybridized carbons (Fsp3) is 0.435. The summed E-state index contributed by atoms with van der Waals surface area (Å²) in [5.41, 5.74) is 2.97. The first-order valence-corrected chi connectivity index (χ1v) is 10.0. The number of halogens is 1. The van der Waals surface area contributed by atoms with E-state index in [1.807, 2.05) is 64.1 Å². The topological polar surface area (TPSA) is 75.1 Å². The molecule has 0 bridgehead atoms. The number of hydrogen-bond acceptors (Lipinski definition) is 4. The molecule has 0 aromatic heterocycles. The average molecular weight is 527 g/mol. The number of rotatable bonds is 9. The molecule has 0 aliphatic heterocycles. The zero-order valence-corrected chi connectivity index (χ0v) is 20.8. The quantitative estimate of drug-likeness (QED) is 0.259. The first kappa shape index (κ1) is 26.0. The maximum Gasteiger partial charge on any atom is 0.191 e. The zero-order valence-electron chi connectivity index (χ0n) is 18.4. The monoisotopic (exact) mass is 527 g/mol. The molecule has 0 radical (unpaired) electrons. The Morgan fingerprint density at radius 1 is 1.13 bits per heavy atom. The zero-order chi connectivity index (χ0) is 21.2. The van der Waals surface area contributed by atoms with Gasteiger partial charge in [0.25, 0.3) is 0 Å². The van der Waals surface area contributed by atoms with Crippen LogP contribution in [-0.2, 0) is 6.54 Å². The number of nitrogens with zero attached hydrogens (tertiary/aromatic N) is 1. The van der Waals surface area contributed by atoms with Gasteiger partial charge in [-0.2, -0.15) is 0 Å². The number of aryl methyl sites for hydroxylation is 1. The van der Waals surface area contributed by atoms with Gasteiger partial charge in [0.05, 0.1) is 25.9 Å². The second-order valence-electron chi connectivity index (χ2n) is 7.15. The van der Waals surface area contributed by atoms with Gasteiger partial charge in [-0.3, -0.25) is 0 Å². The number of hydrogen-bond donors (Lipinski definition) is 3. The molecule has 1 unspecified atom stereocenters. The van der Waals surface area contributed by atoms with Crippen LogP contribution < -0.4 is 20.1 Å². The van der Waals surface area contributed by atoms with Crippen molar-refractivity contribution in [2.24, 2.45) is 4.99 Å². The van der Waals surface area contributed by atoms with Crippen LogP contribution in [0.25, 0.3) is 0 Å². The van der Waals surface area contributed by atoms with Gasteiger partial charge in [-0.05, 0) is 57.0 Å². The van der Waals surface area contributed by atoms with Crippen LogP contribution in [-0.4, -0.2) is 37.4 Å². The van der Waals surface area contributed by atoms with Crippen LogP contribution in [0.5, 0.6) is 11.5 Å². The molecule has 2 rings (SSSR count). The third kappa shape index (κ3) is 8.39. The lowest BCUT2D eigenvalue weighted by Crippen LogP contribution is -2.39. The molecule has 0 amide bonds. The number of ether oxygens (including phenoxy) is 2. The van der Waals surface area contributed by atoms with Gasteiger partial charge in [0.15, 0.2) is 5.96 Å². The number of aliphatic imine (C=N–C) groups is 1. The lowest BCUT2D eigenvalue weighted by Gasteiger charge is -2.17. The third-order valence-electron chi connectivity index (χ3n) is 4.28. The minimum atomic E-state index is -0.673. The Hall–Kier alpha value is -2.00. The van der Waals surface area contributed by atoms with Gasteiger partial charge in [0, 0.05) is 18.7 Å². The molecule has 0 saturated carbocycles. The molecule has 0 spiro atoms. The van der Waals surface area contributed by atoms with E-state index >= 15 is 0 Å². The average Bonchev–Trinajstić information content (AvgIpc) is 2.70. The molecule has 2 aromatic carbocycles. The van der Waals surface area contributed by atoms with Crippen LogP contribution in [0.4, 0.5) is 0 Å². The Morgan fingerprint density at radius 2 is 1.90 bits per heavy atom. The molecule has 0 fully saturated rings. The SMILES string of the molecule is CCNC(=NCc1ccc(C)cc1OC(C)C)NCC(O)c1cccc(OC)c1.I. The van der Waals surface area contributed by atoms with Crippen molar-refractivity contribution in [1.82, 2.24) is 10.6 Å². The Balaban J connectivity index is 0.00000450. The second kappa shape index (κ2) is 13.3. The van der Waals surface area contributed by atoms with Crippen LogP contribution in [0.2, 0.25) is 0 Å². The number of benzene rings is 2. The van der Waals surface area contributed by atoms with Crippen LogP contribution in [0.1, 0.15) is 43.6 Å². The Kier molecular flexibility index (Phi) is 11.6. The minimum absolute atomic E-state index is 0. The van der Waals surface area contributed by atoms with Crippen molar-refractivity contribution in [3.05, 3.63) is 59.2 Å². The lowest BCUT2D eigenvalue weighted by molar-refractivity contribution is 0.180. The van der Waals surface area contributed by atoms with Crippen LogP contribution in [0.3, 0.4) is 0 Å². The lowest BCUT2D eigenvalue weighted by atomic mass is 10.1. The first-order valence-electron chi connectivity index (χ1n) is 10.0. The van der Waals surface area contributed by atoms with Crippen molar-refractivity contribution in [1.29, 1.82) is 0 Å². The van der Waals surface area contributed by atoms with E-state index in [1.54, 1.807) is 7.11 Å². The summed E-state index contributed by atoms with van der Waals surface area (Å²) < 4.78 is 11.2. The van der Waals surface area contributed by atoms with E-state index < -0.39 is 6.10 Å². The fourth-order valence-electron chi connectivity index (χ4n) is 2.82. The highest BCUT2D eigenvalue weighted by Gasteiger charge is 2.10. The minimum Gasteiger partial charge on any atom is -0.497 e. The number of aliphatic hydroxyl groups is 1. The molecule has 2 aromatic rings. The van der Waals surface area contributed by atoms with Gasteiger partial charge in [0.2, 0.25) is 0 Å². The molecule has 3 N–H and O–H groups in total. The van der Waals surface area contributed by atoms with Crippen LogP contribution in [0.15, 0.2) is 47.5 Å². The van der Waals surface area contributed by atoms with Gasteiger partial charge in [-0.1, -0.05) is 24.3 Å². The summed E-state index contributed by atoms with van der Waals surface area (Å²) >= 11 is 0. The summed E-state index contributed by atoms with van der Waals surface area (Å²) in [6.07, 6.45) is -0.572. The normalized spacial score (nSPS) is 12.2. The van der Waals surface area contributed by atoms with Gasteiger partial charge in [-0.25, -0.2) is 4.99 Å². The molecular weight excluding hydrogens is 493 g/mol. The Labute approximate surface area is 197 Å². The van der Waals surface area contributed by atoms with Crippen LogP contribution >= 0.6 is 24.0 Å².